The Bertz CT molecular complexity index is 1090. The lowest BCUT2D eigenvalue weighted by molar-refractivity contribution is -0.127. The Balaban J connectivity index is 1.55. The van der Waals surface area contributed by atoms with E-state index in [-0.39, 0.29) is 0 Å². The molecular weight excluding hydrogens is 451 g/mol. The van der Waals surface area contributed by atoms with Crippen LogP contribution in [0.2, 0.25) is 10.0 Å². The normalized spacial score (nSPS) is 11.8. The number of ether oxygens (including phenoxy) is 3. The van der Waals surface area contributed by atoms with Crippen molar-refractivity contribution < 1.29 is 19.0 Å². The molecule has 0 bridgehead atoms. The number of rotatable bonds is 9. The van der Waals surface area contributed by atoms with Crippen molar-refractivity contribution in [2.24, 2.45) is 5.10 Å². The minimum Gasteiger partial charge on any atom is -0.493 e. The van der Waals surface area contributed by atoms with Gasteiger partial charge >= 0.3 is 0 Å². The second kappa shape index (κ2) is 11.4. The quantitative estimate of drug-likeness (QED) is 0.329. The minimum atomic E-state index is -0.746. The molecular formula is C24H22Cl2N2O4. The molecule has 0 aromatic heterocycles. The molecule has 1 unspecified atom stereocenters. The maximum absolute atomic E-state index is 12.2. The lowest BCUT2D eigenvalue weighted by atomic mass is 10.2. The third-order valence-electron chi connectivity index (χ3n) is 4.36. The average molecular weight is 473 g/mol. The first-order chi connectivity index (χ1) is 15.4. The summed E-state index contributed by atoms with van der Waals surface area (Å²) >= 11 is 11.8. The Morgan fingerprint density at radius 3 is 2.53 bits per heavy atom. The van der Waals surface area contributed by atoms with E-state index in [1.165, 1.54) is 6.21 Å². The number of benzene rings is 3. The van der Waals surface area contributed by atoms with E-state index in [1.54, 1.807) is 56.5 Å². The Morgan fingerprint density at radius 2 is 1.81 bits per heavy atom. The summed E-state index contributed by atoms with van der Waals surface area (Å²) in [5, 5.41) is 5.19. The van der Waals surface area contributed by atoms with E-state index in [9.17, 15) is 4.79 Å². The molecule has 0 saturated heterocycles. The molecule has 0 fully saturated rings. The molecule has 1 N–H and O–H groups in total. The maximum atomic E-state index is 12.2. The van der Waals surface area contributed by atoms with Crippen LogP contribution in [0.3, 0.4) is 0 Å². The maximum Gasteiger partial charge on any atom is 0.280 e. The largest absolute Gasteiger partial charge is 0.493 e. The summed E-state index contributed by atoms with van der Waals surface area (Å²) in [6.45, 7) is 2.00. The van der Waals surface area contributed by atoms with Crippen LogP contribution in [0.4, 0.5) is 0 Å². The summed E-state index contributed by atoms with van der Waals surface area (Å²) in [5.41, 5.74) is 4.17. The van der Waals surface area contributed by atoms with Gasteiger partial charge in [0, 0.05) is 10.0 Å². The molecule has 0 heterocycles. The number of carbonyl (C=O) groups is 1. The van der Waals surface area contributed by atoms with Gasteiger partial charge in [-0.15, -0.1) is 0 Å². The minimum absolute atomic E-state index is 0.377. The van der Waals surface area contributed by atoms with Crippen LogP contribution in [-0.2, 0) is 11.4 Å². The van der Waals surface area contributed by atoms with Crippen LogP contribution >= 0.6 is 23.2 Å². The van der Waals surface area contributed by atoms with Gasteiger partial charge in [-0.25, -0.2) is 5.43 Å². The summed E-state index contributed by atoms with van der Waals surface area (Å²) in [5.74, 6) is 1.25. The van der Waals surface area contributed by atoms with Crippen LogP contribution in [0.5, 0.6) is 17.2 Å². The molecule has 3 rings (SSSR count). The molecule has 166 valence electrons. The lowest BCUT2D eigenvalue weighted by Gasteiger charge is -2.13. The highest BCUT2D eigenvalue weighted by Gasteiger charge is 2.14. The van der Waals surface area contributed by atoms with E-state index in [0.717, 1.165) is 11.1 Å². The van der Waals surface area contributed by atoms with Crippen LogP contribution in [-0.4, -0.2) is 25.3 Å². The number of nitrogens with zero attached hydrogens (tertiary/aromatic N) is 1. The fourth-order valence-electron chi connectivity index (χ4n) is 2.68. The fraction of sp³-hybridized carbons (Fsp3) is 0.167. The van der Waals surface area contributed by atoms with Gasteiger partial charge in [-0.05, 0) is 66.6 Å². The Morgan fingerprint density at radius 1 is 1.03 bits per heavy atom. The van der Waals surface area contributed by atoms with E-state index in [4.69, 9.17) is 37.4 Å². The second-order valence-electron chi connectivity index (χ2n) is 6.78. The zero-order valence-corrected chi connectivity index (χ0v) is 19.1. The topological polar surface area (TPSA) is 69.2 Å². The van der Waals surface area contributed by atoms with Gasteiger partial charge in [0.05, 0.1) is 13.3 Å². The summed E-state index contributed by atoms with van der Waals surface area (Å²) in [4.78, 5) is 12.2. The van der Waals surface area contributed by atoms with Crippen molar-refractivity contribution in [2.75, 3.05) is 7.11 Å². The van der Waals surface area contributed by atoms with E-state index in [1.807, 2.05) is 24.3 Å². The summed E-state index contributed by atoms with van der Waals surface area (Å²) in [6, 6.07) is 19.6. The lowest BCUT2D eigenvalue weighted by Crippen LogP contribution is -2.33. The van der Waals surface area contributed by atoms with Gasteiger partial charge in [0.1, 0.15) is 12.4 Å². The Labute approximate surface area is 196 Å². The number of hydrogen-bond acceptors (Lipinski definition) is 5. The van der Waals surface area contributed by atoms with E-state index < -0.39 is 12.0 Å². The van der Waals surface area contributed by atoms with Gasteiger partial charge in [0.25, 0.3) is 5.91 Å². The molecule has 6 nitrogen and oxygen atoms in total. The number of carbonyl (C=O) groups excluding carboxylic acids is 1. The van der Waals surface area contributed by atoms with Gasteiger partial charge in [-0.1, -0.05) is 41.4 Å². The molecule has 8 heteroatoms. The molecule has 1 atom stereocenters. The monoisotopic (exact) mass is 472 g/mol. The summed E-state index contributed by atoms with van der Waals surface area (Å²) < 4.78 is 16.8. The molecule has 0 aliphatic heterocycles. The van der Waals surface area contributed by atoms with Crippen LogP contribution < -0.4 is 19.6 Å². The smallest absolute Gasteiger partial charge is 0.280 e. The Kier molecular flexibility index (Phi) is 8.36. The van der Waals surface area contributed by atoms with Crippen molar-refractivity contribution in [2.45, 2.75) is 19.6 Å². The average Bonchev–Trinajstić information content (AvgIpc) is 2.79. The predicted octanol–water partition coefficient (Wildman–Crippen LogP) is 5.50. The molecule has 0 spiro atoms. The molecule has 1 amide bonds. The van der Waals surface area contributed by atoms with Crippen LogP contribution in [0.1, 0.15) is 18.1 Å². The number of methoxy groups -OCH3 is 1. The SMILES string of the molecule is COc1cc(/C=N/NC(=O)C(C)Oc2cccc(Cl)c2)ccc1OCc1ccc(Cl)cc1. The predicted molar refractivity (Wildman–Crippen MR) is 126 cm³/mol. The van der Waals surface area contributed by atoms with Crippen molar-refractivity contribution in [3.05, 3.63) is 87.9 Å². The zero-order chi connectivity index (χ0) is 22.9. The van der Waals surface area contributed by atoms with Crippen LogP contribution in [0.15, 0.2) is 71.8 Å². The highest BCUT2D eigenvalue weighted by Crippen LogP contribution is 2.28. The number of nitrogens with one attached hydrogen (secondary N) is 1. The summed E-state index contributed by atoms with van der Waals surface area (Å²) in [7, 11) is 1.56. The highest BCUT2D eigenvalue weighted by molar-refractivity contribution is 6.30. The zero-order valence-electron chi connectivity index (χ0n) is 17.5. The van der Waals surface area contributed by atoms with Gasteiger partial charge in [0.2, 0.25) is 0 Å². The van der Waals surface area contributed by atoms with Gasteiger partial charge in [-0.3, -0.25) is 4.79 Å². The van der Waals surface area contributed by atoms with Gasteiger partial charge in [-0.2, -0.15) is 5.10 Å². The van der Waals surface area contributed by atoms with E-state index >= 15 is 0 Å². The van der Waals surface area contributed by atoms with Crippen LogP contribution in [0, 0.1) is 0 Å². The number of hydrogen-bond donors (Lipinski definition) is 1. The van der Waals surface area contributed by atoms with Crippen molar-refractivity contribution in [3.8, 4) is 17.2 Å². The van der Waals surface area contributed by atoms with Gasteiger partial charge in [0.15, 0.2) is 17.6 Å². The number of amides is 1. The molecule has 0 saturated carbocycles. The molecule has 0 aliphatic carbocycles. The molecule has 32 heavy (non-hydrogen) atoms. The first-order valence-corrected chi connectivity index (χ1v) is 10.5. The van der Waals surface area contributed by atoms with Gasteiger partial charge < -0.3 is 14.2 Å². The van der Waals surface area contributed by atoms with Crippen LogP contribution in [0.25, 0.3) is 0 Å². The van der Waals surface area contributed by atoms with Crippen molar-refractivity contribution >= 4 is 35.3 Å². The second-order valence-corrected chi connectivity index (χ2v) is 7.65. The first kappa shape index (κ1) is 23.4. The third-order valence-corrected chi connectivity index (χ3v) is 4.85. The number of halogens is 2. The fourth-order valence-corrected chi connectivity index (χ4v) is 2.99. The van der Waals surface area contributed by atoms with E-state index in [2.05, 4.69) is 10.5 Å². The number of hydrazone groups is 1. The van der Waals surface area contributed by atoms with Crippen molar-refractivity contribution in [1.82, 2.24) is 5.43 Å². The third kappa shape index (κ3) is 6.90. The standard InChI is InChI=1S/C24H22Cl2N2O4/c1-16(32-21-5-3-4-20(26)13-21)24(29)28-27-14-18-8-11-22(23(12-18)30-2)31-15-17-6-9-19(25)10-7-17/h3-14,16H,15H2,1-2H3,(H,28,29)/b27-14+. The Hall–Kier alpha value is -3.22. The molecule has 0 aliphatic rings. The molecule has 3 aromatic rings. The van der Waals surface area contributed by atoms with Crippen molar-refractivity contribution in [1.29, 1.82) is 0 Å². The van der Waals surface area contributed by atoms with Crippen molar-refractivity contribution in [3.63, 3.8) is 0 Å². The van der Waals surface area contributed by atoms with E-state index in [0.29, 0.717) is 33.9 Å². The summed E-state index contributed by atoms with van der Waals surface area (Å²) in [6.07, 6.45) is 0.763. The first-order valence-electron chi connectivity index (χ1n) is 9.75. The molecule has 3 aromatic carbocycles. The molecule has 0 radical (unpaired) electrons. The highest BCUT2D eigenvalue weighted by atomic mass is 35.5.